The number of hydrogen-bond donors (Lipinski definition) is 1. The molecule has 0 saturated carbocycles. The van der Waals surface area contributed by atoms with Gasteiger partial charge in [0, 0.05) is 0 Å². The second-order valence-electron chi connectivity index (χ2n) is 5.12. The highest BCUT2D eigenvalue weighted by Crippen LogP contribution is 2.21. The van der Waals surface area contributed by atoms with Crippen LogP contribution < -0.4 is 11.2 Å². The van der Waals surface area contributed by atoms with Gasteiger partial charge in [-0.2, -0.15) is 0 Å². The molecule has 0 spiro atoms. The van der Waals surface area contributed by atoms with Crippen molar-refractivity contribution in [2.45, 2.75) is 6.54 Å². The van der Waals surface area contributed by atoms with Gasteiger partial charge >= 0.3 is 5.69 Å². The minimum absolute atomic E-state index is 0.324. The number of aromatic amines is 1. The number of hydrogen-bond acceptors (Lipinski definition) is 3. The fraction of sp³-hybridized carbons (Fsp3) is 0.0588. The molecular weight excluding hydrogens is 296 g/mol. The molecule has 1 N–H and O–H groups in total. The summed E-state index contributed by atoms with van der Waals surface area (Å²) in [4.78, 5) is 27.1. The fourth-order valence-corrected chi connectivity index (χ4v) is 3.65. The van der Waals surface area contributed by atoms with Crippen LogP contribution in [0.4, 0.5) is 0 Å². The molecule has 0 unspecified atom stereocenters. The minimum Gasteiger partial charge on any atom is -0.280 e. The Morgan fingerprint density at radius 1 is 0.955 bits per heavy atom. The van der Waals surface area contributed by atoms with Crippen LogP contribution in [0, 0.1) is 0 Å². The molecular formula is C17H12N2O2S. The molecule has 0 saturated heterocycles. The monoisotopic (exact) mass is 308 g/mol. The van der Waals surface area contributed by atoms with Crippen molar-refractivity contribution in [3.63, 3.8) is 0 Å². The number of aromatic nitrogens is 2. The molecule has 2 aromatic carbocycles. The molecule has 0 fully saturated rings. The lowest BCUT2D eigenvalue weighted by molar-refractivity contribution is 0.766. The molecule has 4 aromatic rings. The third kappa shape index (κ3) is 1.98. The number of benzene rings is 2. The molecule has 0 aliphatic heterocycles. The average molecular weight is 308 g/mol. The summed E-state index contributed by atoms with van der Waals surface area (Å²) in [6.45, 7) is 0.438. The summed E-state index contributed by atoms with van der Waals surface area (Å²) in [6, 6.07) is 15.9. The first-order chi connectivity index (χ1) is 10.7. The van der Waals surface area contributed by atoms with Crippen molar-refractivity contribution in [2.24, 2.45) is 0 Å². The van der Waals surface area contributed by atoms with Crippen molar-refractivity contribution in [1.29, 1.82) is 0 Å². The van der Waals surface area contributed by atoms with Crippen LogP contribution in [0.25, 0.3) is 21.0 Å². The molecule has 2 aromatic heterocycles. The first kappa shape index (κ1) is 13.0. The SMILES string of the molecule is O=c1[nH]c(=O)n(Cc2cccc3ccccc23)c2sccc12. The maximum atomic E-state index is 12.2. The van der Waals surface area contributed by atoms with Crippen LogP contribution in [0.2, 0.25) is 0 Å². The van der Waals surface area contributed by atoms with Gasteiger partial charge in [0.2, 0.25) is 0 Å². The second kappa shape index (κ2) is 4.96. The molecule has 4 rings (SSSR count). The first-order valence-electron chi connectivity index (χ1n) is 6.91. The number of fused-ring (bicyclic) bond motifs is 2. The molecule has 0 radical (unpaired) electrons. The fourth-order valence-electron chi connectivity index (χ4n) is 2.75. The van der Waals surface area contributed by atoms with Gasteiger partial charge in [-0.3, -0.25) is 14.3 Å². The largest absolute Gasteiger partial charge is 0.329 e. The highest BCUT2D eigenvalue weighted by molar-refractivity contribution is 7.16. The molecule has 4 nitrogen and oxygen atoms in total. The lowest BCUT2D eigenvalue weighted by Gasteiger charge is -2.09. The van der Waals surface area contributed by atoms with Gasteiger partial charge in [0.15, 0.2) is 0 Å². The summed E-state index contributed by atoms with van der Waals surface area (Å²) in [5.41, 5.74) is 0.366. The number of rotatable bonds is 2. The van der Waals surface area contributed by atoms with Gasteiger partial charge in [0.05, 0.1) is 11.9 Å². The summed E-state index contributed by atoms with van der Waals surface area (Å²) in [6.07, 6.45) is 0. The van der Waals surface area contributed by atoms with Crippen molar-refractivity contribution < 1.29 is 0 Å². The van der Waals surface area contributed by atoms with Gasteiger partial charge in [0.1, 0.15) is 4.83 Å². The molecule has 2 heterocycles. The standard InChI is InChI=1S/C17H12N2O2S/c20-15-14-8-9-22-16(14)19(17(21)18-15)10-12-6-3-5-11-4-1-2-7-13(11)12/h1-9H,10H2,(H,18,20,21). The maximum absolute atomic E-state index is 12.2. The van der Waals surface area contributed by atoms with Crippen LogP contribution in [0.3, 0.4) is 0 Å². The lowest BCUT2D eigenvalue weighted by atomic mass is 10.0. The van der Waals surface area contributed by atoms with Crippen molar-refractivity contribution in [2.75, 3.05) is 0 Å². The van der Waals surface area contributed by atoms with E-state index in [4.69, 9.17) is 0 Å². The minimum atomic E-state index is -0.368. The van der Waals surface area contributed by atoms with Crippen molar-refractivity contribution in [1.82, 2.24) is 9.55 Å². The van der Waals surface area contributed by atoms with Gasteiger partial charge in [-0.15, -0.1) is 11.3 Å². The number of nitrogens with one attached hydrogen (secondary N) is 1. The molecule has 0 bridgehead atoms. The van der Waals surface area contributed by atoms with Gasteiger partial charge in [-0.25, -0.2) is 4.79 Å². The van der Waals surface area contributed by atoms with E-state index in [-0.39, 0.29) is 11.2 Å². The number of thiophene rings is 1. The zero-order valence-electron chi connectivity index (χ0n) is 11.6. The van der Waals surface area contributed by atoms with Gasteiger partial charge in [-0.1, -0.05) is 42.5 Å². The summed E-state index contributed by atoms with van der Waals surface area (Å²) in [7, 11) is 0. The Morgan fingerprint density at radius 3 is 2.68 bits per heavy atom. The van der Waals surface area contributed by atoms with E-state index in [1.54, 1.807) is 10.6 Å². The third-order valence-corrected chi connectivity index (χ3v) is 4.74. The van der Waals surface area contributed by atoms with E-state index in [1.165, 1.54) is 11.3 Å². The first-order valence-corrected chi connectivity index (χ1v) is 7.79. The van der Waals surface area contributed by atoms with E-state index in [0.717, 1.165) is 16.3 Å². The molecule has 22 heavy (non-hydrogen) atoms. The molecule has 0 aliphatic carbocycles. The Kier molecular flexibility index (Phi) is 2.94. The molecule has 0 atom stereocenters. The van der Waals surface area contributed by atoms with Crippen molar-refractivity contribution in [3.8, 4) is 0 Å². The summed E-state index contributed by atoms with van der Waals surface area (Å²) < 4.78 is 1.63. The quantitative estimate of drug-likeness (QED) is 0.619. The Hall–Kier alpha value is -2.66. The second-order valence-corrected chi connectivity index (χ2v) is 6.02. The normalized spacial score (nSPS) is 11.3. The van der Waals surface area contributed by atoms with Crippen LogP contribution in [0.5, 0.6) is 0 Å². The van der Waals surface area contributed by atoms with Crippen LogP contribution in [-0.2, 0) is 6.54 Å². The summed E-state index contributed by atoms with van der Waals surface area (Å²) >= 11 is 1.41. The van der Waals surface area contributed by atoms with Crippen molar-refractivity contribution >= 4 is 32.3 Å². The molecule has 5 heteroatoms. The van der Waals surface area contributed by atoms with E-state index in [0.29, 0.717) is 16.8 Å². The topological polar surface area (TPSA) is 54.9 Å². The summed E-state index contributed by atoms with van der Waals surface area (Å²) in [5, 5.41) is 4.65. The van der Waals surface area contributed by atoms with Crippen LogP contribution in [0.1, 0.15) is 5.56 Å². The lowest BCUT2D eigenvalue weighted by Crippen LogP contribution is -2.29. The van der Waals surface area contributed by atoms with Gasteiger partial charge in [0.25, 0.3) is 5.56 Å². The molecule has 0 aliphatic rings. The highest BCUT2D eigenvalue weighted by atomic mass is 32.1. The van der Waals surface area contributed by atoms with E-state index in [2.05, 4.69) is 17.1 Å². The number of H-pyrrole nitrogens is 1. The third-order valence-electron chi connectivity index (χ3n) is 3.81. The predicted octanol–water partition coefficient (Wildman–Crippen LogP) is 2.95. The smallest absolute Gasteiger partial charge is 0.280 e. The van der Waals surface area contributed by atoms with Crippen LogP contribution >= 0.6 is 11.3 Å². The van der Waals surface area contributed by atoms with E-state index in [1.807, 2.05) is 35.7 Å². The van der Waals surface area contributed by atoms with E-state index in [9.17, 15) is 9.59 Å². The van der Waals surface area contributed by atoms with Crippen molar-refractivity contribution in [3.05, 3.63) is 80.3 Å². The number of nitrogens with zero attached hydrogens (tertiary/aromatic N) is 1. The Balaban J connectivity index is 1.96. The van der Waals surface area contributed by atoms with Gasteiger partial charge < -0.3 is 0 Å². The zero-order valence-corrected chi connectivity index (χ0v) is 12.4. The predicted molar refractivity (Wildman–Crippen MR) is 89.8 cm³/mol. The zero-order chi connectivity index (χ0) is 15.1. The Bertz CT molecular complexity index is 1100. The Labute approximate surface area is 129 Å². The maximum Gasteiger partial charge on any atom is 0.329 e. The summed E-state index contributed by atoms with van der Waals surface area (Å²) in [5.74, 6) is 0. The van der Waals surface area contributed by atoms with Gasteiger partial charge in [-0.05, 0) is 27.8 Å². The molecule has 0 amide bonds. The Morgan fingerprint density at radius 2 is 1.77 bits per heavy atom. The highest BCUT2D eigenvalue weighted by Gasteiger charge is 2.10. The average Bonchev–Trinajstić information content (AvgIpc) is 3.01. The van der Waals surface area contributed by atoms with E-state index < -0.39 is 0 Å². The van der Waals surface area contributed by atoms with E-state index >= 15 is 0 Å². The van der Waals surface area contributed by atoms with Crippen LogP contribution in [-0.4, -0.2) is 9.55 Å². The molecule has 108 valence electrons. The van der Waals surface area contributed by atoms with Crippen LogP contribution in [0.15, 0.2) is 63.5 Å².